The van der Waals surface area contributed by atoms with Gasteiger partial charge < -0.3 is 14.7 Å². The van der Waals surface area contributed by atoms with E-state index in [1.54, 1.807) is 30.3 Å². The third kappa shape index (κ3) is 4.22. The number of rotatable bonds is 4. The van der Waals surface area contributed by atoms with Gasteiger partial charge in [-0.05, 0) is 42.8 Å². The number of phenols is 1. The minimum Gasteiger partial charge on any atom is -0.507 e. The molecule has 2 aliphatic heterocycles. The van der Waals surface area contributed by atoms with Crippen LogP contribution in [-0.4, -0.2) is 42.0 Å². The highest BCUT2D eigenvalue weighted by atomic mass is 19.1. The van der Waals surface area contributed by atoms with Crippen LogP contribution in [0.4, 0.5) is 10.1 Å². The van der Waals surface area contributed by atoms with Gasteiger partial charge in [0.25, 0.3) is 0 Å². The number of hydrogen-bond donors (Lipinski definition) is 1. The minimum absolute atomic E-state index is 0.106. The number of carbonyl (C=O) groups is 1. The number of halogens is 1. The Hall–Kier alpha value is -3.64. The van der Waals surface area contributed by atoms with Gasteiger partial charge in [-0.25, -0.2) is 4.39 Å². The normalized spacial score (nSPS) is 17.3. The van der Waals surface area contributed by atoms with Gasteiger partial charge in [-0.15, -0.1) is 0 Å². The largest absolute Gasteiger partial charge is 0.507 e. The second-order valence-electron chi connectivity index (χ2n) is 8.50. The predicted octanol–water partition coefficient (Wildman–Crippen LogP) is 4.78. The Bertz CT molecular complexity index is 1230. The number of carbonyl (C=O) groups excluding carboxylic acids is 1. The summed E-state index contributed by atoms with van der Waals surface area (Å²) in [6.45, 7) is 5.22. The van der Waals surface area contributed by atoms with Crippen molar-refractivity contribution < 1.29 is 19.0 Å². The summed E-state index contributed by atoms with van der Waals surface area (Å²) in [5.41, 5.74) is 3.70. The van der Waals surface area contributed by atoms with Crippen molar-refractivity contribution in [2.45, 2.75) is 13.5 Å². The first-order chi connectivity index (χ1) is 16.0. The van der Waals surface area contributed by atoms with Gasteiger partial charge in [0.1, 0.15) is 17.3 Å². The van der Waals surface area contributed by atoms with Crippen molar-refractivity contribution in [2.75, 3.05) is 31.1 Å². The molecule has 1 fully saturated rings. The van der Waals surface area contributed by atoms with E-state index in [9.17, 15) is 14.3 Å². The summed E-state index contributed by atoms with van der Waals surface area (Å²) in [5, 5.41) is 10.6. The molecule has 1 N–H and O–H groups in total. The molecule has 0 aliphatic carbocycles. The van der Waals surface area contributed by atoms with Crippen LogP contribution in [0.5, 0.6) is 11.5 Å². The topological polar surface area (TPSA) is 53.0 Å². The Kier molecular flexibility index (Phi) is 5.60. The summed E-state index contributed by atoms with van der Waals surface area (Å²) >= 11 is 0. The molecule has 0 bridgehead atoms. The molecule has 0 atom stereocenters. The number of benzene rings is 3. The van der Waals surface area contributed by atoms with E-state index in [0.29, 0.717) is 55.3 Å². The van der Waals surface area contributed by atoms with Crippen LogP contribution in [0.25, 0.3) is 6.08 Å². The molecule has 0 saturated carbocycles. The smallest absolute Gasteiger partial charge is 0.231 e. The SMILES string of the molecule is Cc1ccc(/C=C2\Oc3c(ccc(O)c3CN3CCN(c4ccccc4F)CC3)C2=O)cc1. The summed E-state index contributed by atoms with van der Waals surface area (Å²) in [6.07, 6.45) is 1.73. The van der Waals surface area contributed by atoms with Gasteiger partial charge in [-0.2, -0.15) is 0 Å². The second kappa shape index (κ2) is 8.71. The lowest BCUT2D eigenvalue weighted by Crippen LogP contribution is -2.46. The number of para-hydroxylation sites is 1. The van der Waals surface area contributed by atoms with Gasteiger partial charge in [-0.3, -0.25) is 9.69 Å². The number of phenolic OH excluding ortho intramolecular Hbond substituents is 1. The first-order valence-corrected chi connectivity index (χ1v) is 11.1. The molecule has 0 aromatic heterocycles. The number of hydrogen-bond acceptors (Lipinski definition) is 5. The summed E-state index contributed by atoms with van der Waals surface area (Å²) in [6, 6.07) is 17.8. The number of ether oxygens (including phenoxy) is 1. The molecule has 0 spiro atoms. The summed E-state index contributed by atoms with van der Waals surface area (Å²) in [5.74, 6) is 0.384. The molecule has 168 valence electrons. The van der Waals surface area contributed by atoms with E-state index in [0.717, 1.165) is 11.1 Å². The highest BCUT2D eigenvalue weighted by molar-refractivity contribution is 6.15. The predicted molar refractivity (Wildman–Crippen MR) is 126 cm³/mol. The molecule has 1 saturated heterocycles. The quantitative estimate of drug-likeness (QED) is 0.587. The summed E-state index contributed by atoms with van der Waals surface area (Å²) < 4.78 is 20.1. The minimum atomic E-state index is -0.218. The van der Waals surface area contributed by atoms with Crippen molar-refractivity contribution in [3.63, 3.8) is 0 Å². The fraction of sp³-hybridized carbons (Fsp3) is 0.222. The molecule has 0 radical (unpaired) electrons. The van der Waals surface area contributed by atoms with Crippen LogP contribution in [0.1, 0.15) is 27.0 Å². The fourth-order valence-electron chi connectivity index (χ4n) is 4.34. The van der Waals surface area contributed by atoms with E-state index in [-0.39, 0.29) is 23.1 Å². The fourth-order valence-corrected chi connectivity index (χ4v) is 4.34. The van der Waals surface area contributed by atoms with Crippen LogP contribution >= 0.6 is 0 Å². The summed E-state index contributed by atoms with van der Waals surface area (Å²) in [7, 11) is 0. The zero-order chi connectivity index (χ0) is 22.9. The third-order valence-electron chi connectivity index (χ3n) is 6.24. The summed E-state index contributed by atoms with van der Waals surface area (Å²) in [4.78, 5) is 17.1. The van der Waals surface area contributed by atoms with Crippen LogP contribution in [0.2, 0.25) is 0 Å². The van der Waals surface area contributed by atoms with Crippen LogP contribution in [0.15, 0.2) is 66.4 Å². The van der Waals surface area contributed by atoms with Crippen LogP contribution in [0, 0.1) is 12.7 Å². The van der Waals surface area contributed by atoms with E-state index in [2.05, 4.69) is 4.90 Å². The van der Waals surface area contributed by atoms with Crippen molar-refractivity contribution in [3.05, 3.63) is 94.5 Å². The molecular weight excluding hydrogens is 419 g/mol. The monoisotopic (exact) mass is 444 g/mol. The first kappa shape index (κ1) is 21.2. The highest BCUT2D eigenvalue weighted by Gasteiger charge is 2.32. The Morgan fingerprint density at radius 1 is 1.00 bits per heavy atom. The lowest BCUT2D eigenvalue weighted by molar-refractivity contribution is 0.101. The van der Waals surface area contributed by atoms with E-state index in [1.807, 2.05) is 42.2 Å². The molecule has 3 aromatic rings. The number of fused-ring (bicyclic) bond motifs is 1. The molecule has 5 rings (SSSR count). The molecule has 5 nitrogen and oxygen atoms in total. The number of piperazine rings is 1. The van der Waals surface area contributed by atoms with Gasteiger partial charge in [0.05, 0.1) is 16.8 Å². The molecule has 6 heteroatoms. The molecule has 33 heavy (non-hydrogen) atoms. The first-order valence-electron chi connectivity index (χ1n) is 11.1. The van der Waals surface area contributed by atoms with E-state index in [1.165, 1.54) is 6.07 Å². The van der Waals surface area contributed by atoms with Crippen molar-refractivity contribution in [3.8, 4) is 11.5 Å². The maximum absolute atomic E-state index is 14.1. The lowest BCUT2D eigenvalue weighted by atomic mass is 10.0. The molecular formula is C27H25FN2O3. The van der Waals surface area contributed by atoms with Gasteiger partial charge in [0.2, 0.25) is 5.78 Å². The Morgan fingerprint density at radius 2 is 1.73 bits per heavy atom. The maximum Gasteiger partial charge on any atom is 0.231 e. The van der Waals surface area contributed by atoms with Crippen molar-refractivity contribution in [2.24, 2.45) is 0 Å². The number of Topliss-reactive ketones (excluding diaryl/α,β-unsaturated/α-hetero) is 1. The van der Waals surface area contributed by atoms with Gasteiger partial charge in [0.15, 0.2) is 5.76 Å². The number of anilines is 1. The molecule has 0 amide bonds. The average molecular weight is 445 g/mol. The Morgan fingerprint density at radius 3 is 2.45 bits per heavy atom. The Balaban J connectivity index is 1.33. The number of aromatic hydroxyl groups is 1. The highest BCUT2D eigenvalue weighted by Crippen LogP contribution is 2.40. The van der Waals surface area contributed by atoms with Crippen LogP contribution in [0.3, 0.4) is 0 Å². The standard InChI is InChI=1S/C27H25FN2O3/c1-18-6-8-19(9-7-18)16-25-26(32)20-10-11-24(31)21(27(20)33-25)17-29-12-14-30(15-13-29)23-5-3-2-4-22(23)28/h2-11,16,31H,12-15,17H2,1H3/b25-16-. The third-order valence-corrected chi connectivity index (χ3v) is 6.24. The van der Waals surface area contributed by atoms with Crippen molar-refractivity contribution in [1.29, 1.82) is 0 Å². The Labute approximate surface area is 192 Å². The van der Waals surface area contributed by atoms with E-state index in [4.69, 9.17) is 4.74 Å². The molecule has 2 aliphatic rings. The van der Waals surface area contributed by atoms with Crippen molar-refractivity contribution in [1.82, 2.24) is 4.90 Å². The van der Waals surface area contributed by atoms with Gasteiger partial charge in [-0.1, -0.05) is 42.0 Å². The van der Waals surface area contributed by atoms with Gasteiger partial charge >= 0.3 is 0 Å². The van der Waals surface area contributed by atoms with Crippen LogP contribution < -0.4 is 9.64 Å². The van der Waals surface area contributed by atoms with Gasteiger partial charge in [0, 0.05) is 32.7 Å². The molecule has 0 unspecified atom stereocenters. The lowest BCUT2D eigenvalue weighted by Gasteiger charge is -2.36. The van der Waals surface area contributed by atoms with Crippen molar-refractivity contribution >= 4 is 17.5 Å². The number of allylic oxidation sites excluding steroid dienone is 1. The number of aryl methyl sites for hydroxylation is 1. The zero-order valence-electron chi connectivity index (χ0n) is 18.4. The maximum atomic E-state index is 14.1. The zero-order valence-corrected chi connectivity index (χ0v) is 18.4. The van der Waals surface area contributed by atoms with Crippen LogP contribution in [-0.2, 0) is 6.54 Å². The van der Waals surface area contributed by atoms with E-state index >= 15 is 0 Å². The number of nitrogens with zero attached hydrogens (tertiary/aromatic N) is 2. The molecule has 2 heterocycles. The van der Waals surface area contributed by atoms with E-state index < -0.39 is 0 Å². The second-order valence-corrected chi connectivity index (χ2v) is 8.50. The molecule has 3 aromatic carbocycles. The average Bonchev–Trinajstić information content (AvgIpc) is 3.13. The number of ketones is 1.